The minimum atomic E-state index is -0.0394. The van der Waals surface area contributed by atoms with Gasteiger partial charge in [0.2, 0.25) is 0 Å². The second-order valence-electron chi connectivity index (χ2n) is 3.85. The van der Waals surface area contributed by atoms with Crippen LogP contribution < -0.4 is 0 Å². The smallest absolute Gasteiger partial charge is 0.305 e. The Morgan fingerprint density at radius 1 is 1.21 bits per heavy atom. The van der Waals surface area contributed by atoms with Gasteiger partial charge < -0.3 is 4.74 Å². The van der Waals surface area contributed by atoms with Crippen LogP contribution in [0.15, 0.2) is 0 Å². The van der Waals surface area contributed by atoms with Crippen LogP contribution in [-0.2, 0) is 9.53 Å². The average Bonchev–Trinajstić information content (AvgIpc) is 2.19. The van der Waals surface area contributed by atoms with Crippen molar-refractivity contribution in [2.24, 2.45) is 5.92 Å². The lowest BCUT2D eigenvalue weighted by atomic mass is 10.0. The van der Waals surface area contributed by atoms with Gasteiger partial charge in [-0.05, 0) is 18.8 Å². The standard InChI is InChI=1S/C12H24O2/c1-4-7-9-11(6-3)10-14-12(13)8-5-2/h11H,4-10H2,1-3H3. The van der Waals surface area contributed by atoms with Crippen molar-refractivity contribution in [3.8, 4) is 0 Å². The van der Waals surface area contributed by atoms with Crippen molar-refractivity contribution in [2.45, 2.75) is 59.3 Å². The average molecular weight is 200 g/mol. The highest BCUT2D eigenvalue weighted by Crippen LogP contribution is 2.13. The molecule has 14 heavy (non-hydrogen) atoms. The number of ether oxygens (including phenoxy) is 1. The van der Waals surface area contributed by atoms with Gasteiger partial charge in [-0.3, -0.25) is 4.79 Å². The second-order valence-corrected chi connectivity index (χ2v) is 3.85. The van der Waals surface area contributed by atoms with Crippen molar-refractivity contribution in [3.05, 3.63) is 0 Å². The first-order chi connectivity index (χ1) is 6.74. The van der Waals surface area contributed by atoms with E-state index in [0.29, 0.717) is 18.9 Å². The molecule has 0 saturated heterocycles. The maximum Gasteiger partial charge on any atom is 0.305 e. The molecule has 2 heteroatoms. The van der Waals surface area contributed by atoms with Crippen LogP contribution in [0.3, 0.4) is 0 Å². The van der Waals surface area contributed by atoms with E-state index in [1.807, 2.05) is 6.92 Å². The first kappa shape index (κ1) is 13.5. The Labute approximate surface area is 88.0 Å². The van der Waals surface area contributed by atoms with Crippen molar-refractivity contribution in [1.29, 1.82) is 0 Å². The molecule has 0 radical (unpaired) electrons. The molecule has 0 aromatic carbocycles. The van der Waals surface area contributed by atoms with Gasteiger partial charge in [0.15, 0.2) is 0 Å². The number of rotatable bonds is 8. The zero-order chi connectivity index (χ0) is 10.8. The highest BCUT2D eigenvalue weighted by Gasteiger charge is 2.08. The highest BCUT2D eigenvalue weighted by molar-refractivity contribution is 5.69. The molecule has 2 nitrogen and oxygen atoms in total. The largest absolute Gasteiger partial charge is 0.465 e. The van der Waals surface area contributed by atoms with Gasteiger partial charge in [0.25, 0.3) is 0 Å². The number of hydrogen-bond acceptors (Lipinski definition) is 2. The fourth-order valence-corrected chi connectivity index (χ4v) is 1.39. The van der Waals surface area contributed by atoms with Gasteiger partial charge in [-0.25, -0.2) is 0 Å². The summed E-state index contributed by atoms with van der Waals surface area (Å²) >= 11 is 0. The fraction of sp³-hybridized carbons (Fsp3) is 0.917. The van der Waals surface area contributed by atoms with Crippen molar-refractivity contribution >= 4 is 5.97 Å². The number of unbranched alkanes of at least 4 members (excludes halogenated alkanes) is 1. The molecule has 0 aliphatic rings. The van der Waals surface area contributed by atoms with Gasteiger partial charge in [-0.2, -0.15) is 0 Å². The lowest BCUT2D eigenvalue weighted by Crippen LogP contribution is -2.13. The summed E-state index contributed by atoms with van der Waals surface area (Å²) in [6, 6.07) is 0. The van der Waals surface area contributed by atoms with Crippen LogP contribution in [0, 0.1) is 5.92 Å². The molecule has 1 unspecified atom stereocenters. The SMILES string of the molecule is CCCCC(CC)COC(=O)CCC. The molecule has 0 spiro atoms. The molecular formula is C12H24O2. The third-order valence-electron chi connectivity index (χ3n) is 2.48. The molecule has 84 valence electrons. The van der Waals surface area contributed by atoms with Crippen LogP contribution in [0.25, 0.3) is 0 Å². The highest BCUT2D eigenvalue weighted by atomic mass is 16.5. The summed E-state index contributed by atoms with van der Waals surface area (Å²) in [6.45, 7) is 6.97. The predicted molar refractivity (Wildman–Crippen MR) is 59.2 cm³/mol. The Hall–Kier alpha value is -0.530. The van der Waals surface area contributed by atoms with Gasteiger partial charge in [0, 0.05) is 6.42 Å². The molecule has 0 bridgehead atoms. The molecule has 0 rings (SSSR count). The topological polar surface area (TPSA) is 26.3 Å². The Balaban J connectivity index is 3.55. The summed E-state index contributed by atoms with van der Waals surface area (Å²) in [5.41, 5.74) is 0. The second kappa shape index (κ2) is 9.04. The minimum absolute atomic E-state index is 0.0394. The van der Waals surface area contributed by atoms with Crippen LogP contribution >= 0.6 is 0 Å². The normalized spacial score (nSPS) is 12.5. The van der Waals surface area contributed by atoms with Crippen molar-refractivity contribution in [2.75, 3.05) is 6.61 Å². The molecule has 0 aliphatic carbocycles. The Kier molecular flexibility index (Phi) is 8.70. The van der Waals surface area contributed by atoms with E-state index in [0.717, 1.165) is 12.8 Å². The van der Waals surface area contributed by atoms with Gasteiger partial charge in [-0.15, -0.1) is 0 Å². The molecular weight excluding hydrogens is 176 g/mol. The van der Waals surface area contributed by atoms with Crippen molar-refractivity contribution in [3.63, 3.8) is 0 Å². The van der Waals surface area contributed by atoms with Crippen LogP contribution in [0.2, 0.25) is 0 Å². The quantitative estimate of drug-likeness (QED) is 0.560. The Bertz CT molecular complexity index is 143. The summed E-state index contributed by atoms with van der Waals surface area (Å²) in [5, 5.41) is 0. The van der Waals surface area contributed by atoms with E-state index in [1.54, 1.807) is 0 Å². The third kappa shape index (κ3) is 6.93. The summed E-state index contributed by atoms with van der Waals surface area (Å²) in [7, 11) is 0. The fourth-order valence-electron chi connectivity index (χ4n) is 1.39. The number of carbonyl (C=O) groups is 1. The van der Waals surface area contributed by atoms with E-state index < -0.39 is 0 Å². The lowest BCUT2D eigenvalue weighted by Gasteiger charge is -2.14. The van der Waals surface area contributed by atoms with E-state index in [1.165, 1.54) is 19.3 Å². The lowest BCUT2D eigenvalue weighted by molar-refractivity contribution is -0.145. The first-order valence-electron chi connectivity index (χ1n) is 5.90. The van der Waals surface area contributed by atoms with Gasteiger partial charge >= 0.3 is 5.97 Å². The number of carbonyl (C=O) groups excluding carboxylic acids is 1. The molecule has 0 amide bonds. The maximum absolute atomic E-state index is 11.1. The van der Waals surface area contributed by atoms with E-state index in [-0.39, 0.29) is 5.97 Å². The van der Waals surface area contributed by atoms with E-state index in [2.05, 4.69) is 13.8 Å². The molecule has 0 aromatic rings. The van der Waals surface area contributed by atoms with Gasteiger partial charge in [0.1, 0.15) is 0 Å². The molecule has 0 fully saturated rings. The van der Waals surface area contributed by atoms with Crippen LogP contribution in [-0.4, -0.2) is 12.6 Å². The number of esters is 1. The van der Waals surface area contributed by atoms with Crippen LogP contribution in [0.4, 0.5) is 0 Å². The zero-order valence-electron chi connectivity index (χ0n) is 9.84. The molecule has 0 N–H and O–H groups in total. The van der Waals surface area contributed by atoms with Gasteiger partial charge in [-0.1, -0.05) is 40.0 Å². The summed E-state index contributed by atoms with van der Waals surface area (Å²) in [6.07, 6.45) is 6.20. The first-order valence-corrected chi connectivity index (χ1v) is 5.90. The predicted octanol–water partition coefficient (Wildman–Crippen LogP) is 3.55. The van der Waals surface area contributed by atoms with E-state index in [9.17, 15) is 4.79 Å². The van der Waals surface area contributed by atoms with Crippen LogP contribution in [0.1, 0.15) is 59.3 Å². The van der Waals surface area contributed by atoms with Crippen molar-refractivity contribution in [1.82, 2.24) is 0 Å². The summed E-state index contributed by atoms with van der Waals surface area (Å²) < 4.78 is 5.19. The molecule has 0 heterocycles. The Morgan fingerprint density at radius 2 is 1.93 bits per heavy atom. The zero-order valence-corrected chi connectivity index (χ0v) is 9.84. The number of hydrogen-bond donors (Lipinski definition) is 0. The van der Waals surface area contributed by atoms with E-state index >= 15 is 0 Å². The molecule has 0 aromatic heterocycles. The monoisotopic (exact) mass is 200 g/mol. The summed E-state index contributed by atoms with van der Waals surface area (Å²) in [4.78, 5) is 11.1. The van der Waals surface area contributed by atoms with Crippen LogP contribution in [0.5, 0.6) is 0 Å². The molecule has 1 atom stereocenters. The molecule has 0 aliphatic heterocycles. The minimum Gasteiger partial charge on any atom is -0.465 e. The molecule has 0 saturated carbocycles. The summed E-state index contributed by atoms with van der Waals surface area (Å²) in [5.74, 6) is 0.526. The third-order valence-corrected chi connectivity index (χ3v) is 2.48. The van der Waals surface area contributed by atoms with Crippen molar-refractivity contribution < 1.29 is 9.53 Å². The maximum atomic E-state index is 11.1. The Morgan fingerprint density at radius 3 is 2.43 bits per heavy atom. The van der Waals surface area contributed by atoms with E-state index in [4.69, 9.17) is 4.74 Å². The van der Waals surface area contributed by atoms with Gasteiger partial charge in [0.05, 0.1) is 6.61 Å².